The van der Waals surface area contributed by atoms with E-state index in [1.165, 1.54) is 11.8 Å². The van der Waals surface area contributed by atoms with Crippen LogP contribution in [0.4, 0.5) is 5.95 Å². The van der Waals surface area contributed by atoms with E-state index in [1.807, 2.05) is 4.57 Å². The number of morpholine rings is 1. The van der Waals surface area contributed by atoms with Crippen molar-refractivity contribution in [2.75, 3.05) is 44.1 Å². The zero-order valence-corrected chi connectivity index (χ0v) is 17.2. The highest BCUT2D eigenvalue weighted by Gasteiger charge is 2.20. The third-order valence-electron chi connectivity index (χ3n) is 4.11. The molecule has 0 bridgehead atoms. The van der Waals surface area contributed by atoms with Crippen LogP contribution >= 0.6 is 27.7 Å². The molecule has 7 nitrogen and oxygen atoms in total. The molecule has 9 heteroatoms. The Bertz CT molecular complexity index is 777. The number of Topliss-reactive ketones (excluding diaryl/α,β-unsaturated/α-hetero) is 1. The van der Waals surface area contributed by atoms with Crippen LogP contribution in [0.25, 0.3) is 0 Å². The molecule has 1 saturated heterocycles. The number of anilines is 1. The van der Waals surface area contributed by atoms with Gasteiger partial charge < -0.3 is 14.4 Å². The van der Waals surface area contributed by atoms with Crippen molar-refractivity contribution >= 4 is 39.4 Å². The van der Waals surface area contributed by atoms with Gasteiger partial charge >= 0.3 is 0 Å². The molecule has 1 fully saturated rings. The minimum Gasteiger partial charge on any atom is -0.496 e. The van der Waals surface area contributed by atoms with Gasteiger partial charge in [0.2, 0.25) is 5.95 Å². The first-order valence-electron chi connectivity index (χ1n) is 8.39. The fourth-order valence-electron chi connectivity index (χ4n) is 2.72. The number of methoxy groups -OCH3 is 1. The molecule has 0 N–H and O–H groups in total. The predicted molar refractivity (Wildman–Crippen MR) is 104 cm³/mol. The van der Waals surface area contributed by atoms with E-state index in [-0.39, 0.29) is 5.78 Å². The van der Waals surface area contributed by atoms with Crippen LogP contribution in [0.5, 0.6) is 5.75 Å². The number of hydrogen-bond donors (Lipinski definition) is 0. The molecule has 1 aromatic heterocycles. The number of nitrogens with zero attached hydrogens (tertiary/aromatic N) is 4. The summed E-state index contributed by atoms with van der Waals surface area (Å²) >= 11 is 4.83. The van der Waals surface area contributed by atoms with Crippen molar-refractivity contribution in [3.05, 3.63) is 28.2 Å². The zero-order chi connectivity index (χ0) is 18.5. The lowest BCUT2D eigenvalue weighted by Crippen LogP contribution is -2.38. The lowest BCUT2D eigenvalue weighted by atomic mass is 10.1. The monoisotopic (exact) mass is 440 g/mol. The van der Waals surface area contributed by atoms with Gasteiger partial charge in [-0.05, 0) is 41.1 Å². The van der Waals surface area contributed by atoms with E-state index < -0.39 is 0 Å². The van der Waals surface area contributed by atoms with Crippen LogP contribution in [-0.4, -0.2) is 59.7 Å². The standard InChI is InChI=1S/C17H21BrN4O3S/c1-3-22-16(21-6-8-25-9-7-21)19-20-17(22)26-11-14(23)12-4-5-15(24-2)13(18)10-12/h4-5,10H,3,6-9,11H2,1-2H3. The molecule has 0 radical (unpaired) electrons. The number of hydrogen-bond acceptors (Lipinski definition) is 7. The molecule has 0 aliphatic carbocycles. The lowest BCUT2D eigenvalue weighted by molar-refractivity contribution is 0.102. The molecule has 140 valence electrons. The van der Waals surface area contributed by atoms with Crippen LogP contribution in [0.15, 0.2) is 27.8 Å². The number of aromatic nitrogens is 3. The summed E-state index contributed by atoms with van der Waals surface area (Å²) in [6, 6.07) is 5.34. The number of rotatable bonds is 7. The molecule has 3 rings (SSSR count). The van der Waals surface area contributed by atoms with Crippen molar-refractivity contribution in [1.82, 2.24) is 14.8 Å². The van der Waals surface area contributed by atoms with Gasteiger partial charge in [0, 0.05) is 25.2 Å². The first-order chi connectivity index (χ1) is 12.6. The van der Waals surface area contributed by atoms with Crippen LogP contribution in [0, 0.1) is 0 Å². The molecule has 26 heavy (non-hydrogen) atoms. The molecule has 0 unspecified atom stereocenters. The molecular weight excluding hydrogens is 420 g/mol. The number of ether oxygens (including phenoxy) is 2. The van der Waals surface area contributed by atoms with E-state index in [4.69, 9.17) is 9.47 Å². The Morgan fingerprint density at radius 1 is 1.35 bits per heavy atom. The van der Waals surface area contributed by atoms with Gasteiger partial charge in [0.05, 0.1) is 30.5 Å². The molecule has 0 atom stereocenters. The molecular formula is C17H21BrN4O3S. The molecule has 0 spiro atoms. The maximum atomic E-state index is 12.5. The van der Waals surface area contributed by atoms with Crippen LogP contribution < -0.4 is 9.64 Å². The summed E-state index contributed by atoms with van der Waals surface area (Å²) in [5.41, 5.74) is 0.640. The van der Waals surface area contributed by atoms with Gasteiger partial charge in [-0.25, -0.2) is 0 Å². The predicted octanol–water partition coefficient (Wildman–Crippen LogP) is 2.88. The summed E-state index contributed by atoms with van der Waals surface area (Å²) in [7, 11) is 1.60. The highest BCUT2D eigenvalue weighted by molar-refractivity contribution is 9.10. The normalized spacial score (nSPS) is 14.5. The van der Waals surface area contributed by atoms with Crippen LogP contribution in [-0.2, 0) is 11.3 Å². The summed E-state index contributed by atoms with van der Waals surface area (Å²) < 4.78 is 13.4. The molecule has 0 amide bonds. The van der Waals surface area contributed by atoms with Gasteiger partial charge in [-0.1, -0.05) is 11.8 Å². The van der Waals surface area contributed by atoms with Gasteiger partial charge in [-0.2, -0.15) is 0 Å². The fourth-order valence-corrected chi connectivity index (χ4v) is 4.15. The smallest absolute Gasteiger partial charge is 0.228 e. The van der Waals surface area contributed by atoms with E-state index in [0.29, 0.717) is 30.3 Å². The van der Waals surface area contributed by atoms with E-state index in [0.717, 1.165) is 35.2 Å². The minimum atomic E-state index is 0.0388. The summed E-state index contributed by atoms with van der Waals surface area (Å²) in [5, 5.41) is 9.37. The Kier molecular flexibility index (Phi) is 6.55. The Morgan fingerprint density at radius 3 is 2.77 bits per heavy atom. The Hall–Kier alpha value is -1.58. The van der Waals surface area contributed by atoms with Gasteiger partial charge in [0.1, 0.15) is 5.75 Å². The third kappa shape index (κ3) is 4.21. The van der Waals surface area contributed by atoms with Crippen LogP contribution in [0.3, 0.4) is 0 Å². The summed E-state index contributed by atoms with van der Waals surface area (Å²) in [5.74, 6) is 1.89. The van der Waals surface area contributed by atoms with Crippen LogP contribution in [0.2, 0.25) is 0 Å². The number of carbonyl (C=O) groups is 1. The second-order valence-corrected chi connectivity index (χ2v) is 7.48. The second-order valence-electron chi connectivity index (χ2n) is 5.69. The summed E-state index contributed by atoms with van der Waals surface area (Å²) in [6.07, 6.45) is 0. The topological polar surface area (TPSA) is 69.5 Å². The maximum absolute atomic E-state index is 12.5. The quantitative estimate of drug-likeness (QED) is 0.484. The van der Waals surface area contributed by atoms with Gasteiger partial charge in [0.15, 0.2) is 10.9 Å². The molecule has 0 saturated carbocycles. The van der Waals surface area contributed by atoms with Crippen LogP contribution in [0.1, 0.15) is 17.3 Å². The highest BCUT2D eigenvalue weighted by Crippen LogP contribution is 2.27. The van der Waals surface area contributed by atoms with E-state index in [1.54, 1.807) is 25.3 Å². The van der Waals surface area contributed by atoms with Crippen molar-refractivity contribution in [1.29, 1.82) is 0 Å². The number of benzene rings is 1. The largest absolute Gasteiger partial charge is 0.496 e. The summed E-state index contributed by atoms with van der Waals surface area (Å²) in [6.45, 7) is 5.82. The summed E-state index contributed by atoms with van der Waals surface area (Å²) in [4.78, 5) is 14.7. The zero-order valence-electron chi connectivity index (χ0n) is 14.8. The SMILES string of the molecule is CCn1c(SCC(=O)c2ccc(OC)c(Br)c2)nnc1N1CCOCC1. The van der Waals surface area contributed by atoms with Crippen molar-refractivity contribution in [3.8, 4) is 5.75 Å². The molecule has 1 aromatic carbocycles. The molecule has 1 aliphatic heterocycles. The Morgan fingerprint density at radius 2 is 2.12 bits per heavy atom. The van der Waals surface area contributed by atoms with E-state index in [9.17, 15) is 4.79 Å². The van der Waals surface area contributed by atoms with Crippen molar-refractivity contribution in [2.24, 2.45) is 0 Å². The van der Waals surface area contributed by atoms with Gasteiger partial charge in [-0.15, -0.1) is 10.2 Å². The number of thioether (sulfide) groups is 1. The lowest BCUT2D eigenvalue weighted by Gasteiger charge is -2.27. The minimum absolute atomic E-state index is 0.0388. The van der Waals surface area contributed by atoms with E-state index >= 15 is 0 Å². The highest BCUT2D eigenvalue weighted by atomic mass is 79.9. The Balaban J connectivity index is 1.68. The number of ketones is 1. The molecule has 2 aromatic rings. The van der Waals surface area contributed by atoms with Crippen molar-refractivity contribution in [3.63, 3.8) is 0 Å². The van der Waals surface area contributed by atoms with E-state index in [2.05, 4.69) is 38.0 Å². The fraction of sp³-hybridized carbons (Fsp3) is 0.471. The second kappa shape index (κ2) is 8.88. The number of carbonyl (C=O) groups excluding carboxylic acids is 1. The third-order valence-corrected chi connectivity index (χ3v) is 5.70. The van der Waals surface area contributed by atoms with Gasteiger partial charge in [-0.3, -0.25) is 9.36 Å². The maximum Gasteiger partial charge on any atom is 0.228 e. The average molecular weight is 441 g/mol. The molecule has 1 aliphatic rings. The Labute approximate surface area is 165 Å². The molecule has 2 heterocycles. The first-order valence-corrected chi connectivity index (χ1v) is 10.2. The average Bonchev–Trinajstić information content (AvgIpc) is 3.09. The van der Waals surface area contributed by atoms with Crippen molar-refractivity contribution < 1.29 is 14.3 Å². The number of halogens is 1. The van der Waals surface area contributed by atoms with Crippen molar-refractivity contribution in [2.45, 2.75) is 18.6 Å². The van der Waals surface area contributed by atoms with Gasteiger partial charge in [0.25, 0.3) is 0 Å². The first kappa shape index (κ1) is 19.2.